The highest BCUT2D eigenvalue weighted by molar-refractivity contribution is 6.12. The molecule has 4 rings (SSSR count). The van der Waals surface area contributed by atoms with Crippen molar-refractivity contribution in [2.75, 3.05) is 10.6 Å². The standard InChI is InChI=1S/C25H20FN3O3/c1-29-22-9-5-2-6-18(22)19(15-24(29)31)25(32)27-17-12-10-16(11-13-17)14-23(30)28-21-8-4-3-7-20(21)26/h2-13,15H,14H2,1H3,(H,27,32)(H,28,30). The summed E-state index contributed by atoms with van der Waals surface area (Å²) < 4.78 is 15.2. The highest BCUT2D eigenvalue weighted by Gasteiger charge is 2.14. The number of hydrogen-bond donors (Lipinski definition) is 2. The molecule has 0 aliphatic carbocycles. The molecule has 0 radical (unpaired) electrons. The molecule has 2 N–H and O–H groups in total. The summed E-state index contributed by atoms with van der Waals surface area (Å²) in [6, 6.07) is 21.2. The van der Waals surface area contributed by atoms with Crippen molar-refractivity contribution in [3.63, 3.8) is 0 Å². The Morgan fingerprint density at radius 1 is 0.906 bits per heavy atom. The zero-order chi connectivity index (χ0) is 22.7. The topological polar surface area (TPSA) is 80.2 Å². The molecule has 4 aromatic rings. The third kappa shape index (κ3) is 4.41. The number of benzene rings is 3. The number of aryl methyl sites for hydroxylation is 1. The molecule has 0 saturated heterocycles. The van der Waals surface area contributed by atoms with Crippen LogP contribution in [0.3, 0.4) is 0 Å². The average Bonchev–Trinajstić information content (AvgIpc) is 2.79. The Morgan fingerprint density at radius 3 is 2.34 bits per heavy atom. The van der Waals surface area contributed by atoms with Gasteiger partial charge in [-0.2, -0.15) is 0 Å². The lowest BCUT2D eigenvalue weighted by Crippen LogP contribution is -2.21. The number of fused-ring (bicyclic) bond motifs is 1. The normalized spacial score (nSPS) is 10.7. The molecule has 0 fully saturated rings. The van der Waals surface area contributed by atoms with Crippen molar-refractivity contribution in [3.8, 4) is 0 Å². The van der Waals surface area contributed by atoms with E-state index >= 15 is 0 Å². The molecule has 160 valence electrons. The first-order chi connectivity index (χ1) is 15.4. The molecule has 1 heterocycles. The Balaban J connectivity index is 1.46. The molecular formula is C25H20FN3O3. The van der Waals surface area contributed by atoms with E-state index in [2.05, 4.69) is 10.6 Å². The largest absolute Gasteiger partial charge is 0.323 e. The number of carbonyl (C=O) groups is 2. The molecule has 0 saturated carbocycles. The highest BCUT2D eigenvalue weighted by atomic mass is 19.1. The van der Waals surface area contributed by atoms with Crippen LogP contribution in [0.25, 0.3) is 10.9 Å². The maximum absolute atomic E-state index is 13.7. The quantitative estimate of drug-likeness (QED) is 0.501. The monoisotopic (exact) mass is 429 g/mol. The molecule has 1 aromatic heterocycles. The van der Waals surface area contributed by atoms with Gasteiger partial charge in [0.25, 0.3) is 11.5 Å². The number of rotatable bonds is 5. The third-order valence-electron chi connectivity index (χ3n) is 5.12. The minimum Gasteiger partial charge on any atom is -0.323 e. The average molecular weight is 429 g/mol. The molecule has 2 amide bonds. The molecule has 7 heteroatoms. The third-order valence-corrected chi connectivity index (χ3v) is 5.12. The van der Waals surface area contributed by atoms with Crippen LogP contribution in [-0.4, -0.2) is 16.4 Å². The molecule has 3 aromatic carbocycles. The van der Waals surface area contributed by atoms with Crippen molar-refractivity contribution in [2.24, 2.45) is 7.05 Å². The van der Waals surface area contributed by atoms with Crippen LogP contribution < -0.4 is 16.2 Å². The second-order valence-corrected chi connectivity index (χ2v) is 7.33. The summed E-state index contributed by atoms with van der Waals surface area (Å²) >= 11 is 0. The summed E-state index contributed by atoms with van der Waals surface area (Å²) in [5.74, 6) is -1.25. The second-order valence-electron chi connectivity index (χ2n) is 7.33. The van der Waals surface area contributed by atoms with E-state index in [0.717, 1.165) is 0 Å². The zero-order valence-electron chi connectivity index (χ0n) is 17.3. The number of nitrogens with one attached hydrogen (secondary N) is 2. The van der Waals surface area contributed by atoms with Crippen LogP contribution in [0.5, 0.6) is 0 Å². The number of anilines is 2. The van der Waals surface area contributed by atoms with Gasteiger partial charge in [0.05, 0.1) is 23.2 Å². The molecule has 0 aliphatic rings. The molecule has 32 heavy (non-hydrogen) atoms. The van der Waals surface area contributed by atoms with Crippen LogP contribution in [0.4, 0.5) is 15.8 Å². The van der Waals surface area contributed by atoms with Crippen LogP contribution in [0.1, 0.15) is 15.9 Å². The number of aromatic nitrogens is 1. The maximum atomic E-state index is 13.7. The van der Waals surface area contributed by atoms with Crippen molar-refractivity contribution in [2.45, 2.75) is 6.42 Å². The Morgan fingerprint density at radius 2 is 1.59 bits per heavy atom. The number of halogens is 1. The fourth-order valence-corrected chi connectivity index (χ4v) is 3.45. The lowest BCUT2D eigenvalue weighted by molar-refractivity contribution is -0.115. The van der Waals surface area contributed by atoms with Gasteiger partial charge in [-0.25, -0.2) is 4.39 Å². The summed E-state index contributed by atoms with van der Waals surface area (Å²) in [6.07, 6.45) is 0.0575. The number of carbonyl (C=O) groups excluding carboxylic acids is 2. The van der Waals surface area contributed by atoms with E-state index in [4.69, 9.17) is 0 Å². The lowest BCUT2D eigenvalue weighted by atomic mass is 10.1. The van der Waals surface area contributed by atoms with Crippen LogP contribution in [0.2, 0.25) is 0 Å². The van der Waals surface area contributed by atoms with E-state index < -0.39 is 11.7 Å². The Bertz CT molecular complexity index is 1380. The smallest absolute Gasteiger partial charge is 0.256 e. The van der Waals surface area contributed by atoms with Crippen molar-refractivity contribution in [1.29, 1.82) is 0 Å². The summed E-state index contributed by atoms with van der Waals surface area (Å²) in [6.45, 7) is 0. The summed E-state index contributed by atoms with van der Waals surface area (Å²) in [7, 11) is 1.66. The van der Waals surface area contributed by atoms with Gasteiger partial charge in [0.15, 0.2) is 0 Å². The van der Waals surface area contributed by atoms with Crippen LogP contribution in [-0.2, 0) is 18.3 Å². The lowest BCUT2D eigenvalue weighted by Gasteiger charge is -2.11. The van der Waals surface area contributed by atoms with Gasteiger partial charge >= 0.3 is 0 Å². The van der Waals surface area contributed by atoms with Crippen LogP contribution in [0, 0.1) is 5.82 Å². The Labute approximate surface area is 183 Å². The van der Waals surface area contributed by atoms with Crippen molar-refractivity contribution in [1.82, 2.24) is 4.57 Å². The van der Waals surface area contributed by atoms with E-state index in [9.17, 15) is 18.8 Å². The van der Waals surface area contributed by atoms with Gasteiger partial charge in [-0.1, -0.05) is 42.5 Å². The summed E-state index contributed by atoms with van der Waals surface area (Å²) in [4.78, 5) is 37.2. The second kappa shape index (κ2) is 8.85. The fraction of sp³-hybridized carbons (Fsp3) is 0.0800. The van der Waals surface area contributed by atoms with Crippen LogP contribution in [0.15, 0.2) is 83.7 Å². The van der Waals surface area contributed by atoms with Crippen molar-refractivity contribution in [3.05, 3.63) is 106 Å². The van der Waals surface area contributed by atoms with Gasteiger partial charge in [0.1, 0.15) is 5.82 Å². The molecule has 0 bridgehead atoms. The van der Waals surface area contributed by atoms with Crippen LogP contribution >= 0.6 is 0 Å². The van der Waals surface area contributed by atoms with Gasteiger partial charge in [0.2, 0.25) is 5.91 Å². The van der Waals surface area contributed by atoms with Gasteiger partial charge in [-0.05, 0) is 35.9 Å². The first-order valence-electron chi connectivity index (χ1n) is 9.96. The van der Waals surface area contributed by atoms with Gasteiger partial charge in [0, 0.05) is 24.2 Å². The SMILES string of the molecule is Cn1c(=O)cc(C(=O)Nc2ccc(CC(=O)Nc3ccccc3F)cc2)c2ccccc21. The highest BCUT2D eigenvalue weighted by Crippen LogP contribution is 2.19. The predicted octanol–water partition coefficient (Wildman–Crippen LogP) is 4.11. The summed E-state index contributed by atoms with van der Waals surface area (Å²) in [5.41, 5.74) is 2.04. The Kier molecular flexibility index (Phi) is 5.81. The van der Waals surface area contributed by atoms with E-state index in [-0.39, 0.29) is 29.1 Å². The molecule has 0 atom stereocenters. The van der Waals surface area contributed by atoms with Crippen molar-refractivity contribution >= 4 is 34.1 Å². The molecule has 0 aliphatic heterocycles. The van der Waals surface area contributed by atoms with Gasteiger partial charge in [-0.3, -0.25) is 14.4 Å². The van der Waals surface area contributed by atoms with Crippen molar-refractivity contribution < 1.29 is 14.0 Å². The maximum Gasteiger partial charge on any atom is 0.256 e. The van der Waals surface area contributed by atoms with E-state index in [0.29, 0.717) is 22.2 Å². The molecular weight excluding hydrogens is 409 g/mol. The first-order valence-corrected chi connectivity index (χ1v) is 9.96. The number of amides is 2. The number of pyridine rings is 1. The Hall–Kier alpha value is -4.26. The molecule has 0 spiro atoms. The van der Waals surface area contributed by atoms with E-state index in [1.54, 1.807) is 55.6 Å². The molecule has 6 nitrogen and oxygen atoms in total. The number of nitrogens with zero attached hydrogens (tertiary/aromatic N) is 1. The predicted molar refractivity (Wildman–Crippen MR) is 122 cm³/mol. The van der Waals surface area contributed by atoms with Gasteiger partial charge in [-0.15, -0.1) is 0 Å². The van der Waals surface area contributed by atoms with E-state index in [1.807, 2.05) is 12.1 Å². The molecule has 0 unspecified atom stereocenters. The number of para-hydroxylation sites is 2. The first kappa shape index (κ1) is 21.0. The van der Waals surface area contributed by atoms with E-state index in [1.165, 1.54) is 22.8 Å². The van der Waals surface area contributed by atoms with Gasteiger partial charge < -0.3 is 15.2 Å². The fourth-order valence-electron chi connectivity index (χ4n) is 3.45. The minimum atomic E-state index is -0.498. The zero-order valence-corrected chi connectivity index (χ0v) is 17.3. The summed E-state index contributed by atoms with van der Waals surface area (Å²) in [5, 5.41) is 6.00. The number of hydrogen-bond acceptors (Lipinski definition) is 3. The minimum absolute atomic E-state index is 0.0575.